The Labute approximate surface area is 114 Å². The summed E-state index contributed by atoms with van der Waals surface area (Å²) in [6.45, 7) is -1.76. The number of rotatable bonds is 7. The lowest BCUT2D eigenvalue weighted by atomic mass is 10.4. The molecule has 0 radical (unpaired) electrons. The van der Waals surface area contributed by atoms with Gasteiger partial charge in [-0.25, -0.2) is 9.79 Å². The van der Waals surface area contributed by atoms with E-state index in [-0.39, 0.29) is 0 Å². The average molecular weight is 325 g/mol. The van der Waals surface area contributed by atoms with Crippen molar-refractivity contribution in [3.63, 3.8) is 0 Å². The molecular weight excluding hydrogens is 302 g/mol. The Bertz CT molecular complexity index is 216. The fourth-order valence-electron chi connectivity index (χ4n) is 0.698. The van der Waals surface area contributed by atoms with E-state index in [1.807, 2.05) is 13.8 Å². The van der Waals surface area contributed by atoms with Gasteiger partial charge in [0.15, 0.2) is 0 Å². The normalized spacial score (nSPS) is 11.9. The summed E-state index contributed by atoms with van der Waals surface area (Å²) in [6.07, 6.45) is 4.08. The van der Waals surface area contributed by atoms with Crippen molar-refractivity contribution in [2.24, 2.45) is 0 Å². The van der Waals surface area contributed by atoms with Gasteiger partial charge in [0.2, 0.25) is 0 Å². The minimum atomic E-state index is -3.36. The van der Waals surface area contributed by atoms with Gasteiger partial charge in [0.25, 0.3) is 0 Å². The minimum absolute atomic E-state index is 0.348. The first-order valence-corrected chi connectivity index (χ1v) is 11.0. The second kappa shape index (κ2) is 11.1. The Morgan fingerprint density at radius 3 is 1.88 bits per heavy atom. The highest BCUT2D eigenvalue weighted by Crippen LogP contribution is 2.55. The van der Waals surface area contributed by atoms with Crippen LogP contribution in [0.3, 0.4) is 0 Å². The van der Waals surface area contributed by atoms with E-state index in [0.29, 0.717) is 12.8 Å². The molecule has 5 nitrogen and oxygen atoms in total. The molecule has 0 aromatic carbocycles. The van der Waals surface area contributed by atoms with Crippen LogP contribution in [0.4, 0.5) is 0 Å². The molecule has 0 unspecified atom stereocenters. The molecule has 106 valence electrons. The molecular formula is C8H23O5P2S2+. The van der Waals surface area contributed by atoms with Crippen LogP contribution in [0.2, 0.25) is 0 Å². The van der Waals surface area contributed by atoms with Gasteiger partial charge in [0.05, 0.1) is 18.9 Å². The molecule has 0 aliphatic carbocycles. The summed E-state index contributed by atoms with van der Waals surface area (Å²) >= 11 is 7.81. The summed E-state index contributed by atoms with van der Waals surface area (Å²) in [6, 6.07) is 0. The number of hydrogen-bond donors (Lipinski definition) is 5. The molecule has 0 aromatic heterocycles. The summed E-state index contributed by atoms with van der Waals surface area (Å²) in [7, 11) is 0. The van der Waals surface area contributed by atoms with Crippen molar-refractivity contribution in [2.75, 3.05) is 12.8 Å². The molecule has 4 N–H and O–H groups in total. The predicted octanol–water partition coefficient (Wildman–Crippen LogP) is 2.48. The van der Waals surface area contributed by atoms with Crippen LogP contribution in [-0.4, -0.2) is 32.3 Å². The summed E-state index contributed by atoms with van der Waals surface area (Å²) < 4.78 is 4.51. The van der Waals surface area contributed by atoms with Crippen molar-refractivity contribution >= 4 is 37.7 Å². The van der Waals surface area contributed by atoms with E-state index < -0.39 is 13.6 Å². The van der Waals surface area contributed by atoms with E-state index in [4.69, 9.17) is 19.6 Å². The van der Waals surface area contributed by atoms with Gasteiger partial charge in [-0.15, -0.1) is 0 Å². The van der Waals surface area contributed by atoms with Crippen molar-refractivity contribution in [1.82, 2.24) is 0 Å². The summed E-state index contributed by atoms with van der Waals surface area (Å²) in [4.78, 5) is 34.4. The van der Waals surface area contributed by atoms with Crippen LogP contribution in [0, 0.1) is 0 Å². The van der Waals surface area contributed by atoms with E-state index in [0.717, 1.165) is 25.7 Å². The van der Waals surface area contributed by atoms with Gasteiger partial charge in [-0.2, -0.15) is 0 Å². The molecule has 0 bridgehead atoms. The van der Waals surface area contributed by atoms with Gasteiger partial charge in [-0.1, -0.05) is 26.7 Å². The Morgan fingerprint density at radius 1 is 1.18 bits per heavy atom. The van der Waals surface area contributed by atoms with Crippen molar-refractivity contribution in [3.8, 4) is 0 Å². The van der Waals surface area contributed by atoms with E-state index >= 15 is 0 Å². The first kappa shape index (κ1) is 20.5. The van der Waals surface area contributed by atoms with Crippen molar-refractivity contribution in [1.29, 1.82) is 0 Å². The van der Waals surface area contributed by atoms with Crippen molar-refractivity contribution in [2.45, 2.75) is 39.5 Å². The van der Waals surface area contributed by atoms with Crippen LogP contribution < -0.4 is 0 Å². The highest BCUT2D eigenvalue weighted by atomic mass is 32.7. The lowest BCUT2D eigenvalue weighted by Crippen LogP contribution is -1.89. The molecule has 0 saturated carbocycles. The standard InChI is InChI=1S/C4H11O3PS.C4H12O2PS/c1-2-3-4-7-8(5,6)9;1-2-3-4-7(5,6)8/h2-4H2,1H3,(H2,5,6,9);5-6,8H,2-4H2,1H3/q;+1. The zero-order valence-electron chi connectivity index (χ0n) is 10.2. The van der Waals surface area contributed by atoms with E-state index in [1.54, 1.807) is 0 Å². The monoisotopic (exact) mass is 325 g/mol. The van der Waals surface area contributed by atoms with Crippen molar-refractivity contribution < 1.29 is 24.1 Å². The van der Waals surface area contributed by atoms with Crippen LogP contribution in [0.15, 0.2) is 0 Å². The largest absolute Gasteiger partial charge is 0.325 e. The zero-order chi connectivity index (χ0) is 13.9. The number of thiol groups is 1. The van der Waals surface area contributed by atoms with Gasteiger partial charge < -0.3 is 14.3 Å². The summed E-state index contributed by atoms with van der Waals surface area (Å²) in [5, 5.41) is 0. The van der Waals surface area contributed by atoms with E-state index in [9.17, 15) is 0 Å². The van der Waals surface area contributed by atoms with Gasteiger partial charge in [-0.05, 0) is 24.6 Å². The van der Waals surface area contributed by atoms with Crippen LogP contribution in [0.1, 0.15) is 39.5 Å². The molecule has 0 spiro atoms. The quantitative estimate of drug-likeness (QED) is 0.281. The van der Waals surface area contributed by atoms with Gasteiger partial charge in [0.1, 0.15) is 6.16 Å². The predicted molar refractivity (Wildman–Crippen MR) is 79.7 cm³/mol. The van der Waals surface area contributed by atoms with Gasteiger partial charge in [0, 0.05) is 0 Å². The minimum Gasteiger partial charge on any atom is -0.325 e. The maximum atomic E-state index is 8.68. The zero-order valence-corrected chi connectivity index (χ0v) is 13.7. The third kappa shape index (κ3) is 26.7. The maximum Gasteiger partial charge on any atom is 0.323 e. The molecule has 0 saturated heterocycles. The van der Waals surface area contributed by atoms with Crippen LogP contribution >= 0.6 is 25.9 Å². The Kier molecular flexibility index (Phi) is 13.4. The topological polar surface area (TPSA) is 90.2 Å². The van der Waals surface area contributed by atoms with E-state index in [2.05, 4.69) is 28.6 Å². The fraction of sp³-hybridized carbons (Fsp3) is 1.00. The molecule has 0 amide bonds. The van der Waals surface area contributed by atoms with Crippen LogP contribution in [0.25, 0.3) is 0 Å². The lowest BCUT2D eigenvalue weighted by molar-refractivity contribution is 0.247. The van der Waals surface area contributed by atoms with Crippen molar-refractivity contribution in [3.05, 3.63) is 0 Å². The van der Waals surface area contributed by atoms with E-state index in [1.165, 1.54) is 0 Å². The molecule has 0 aliphatic rings. The maximum absolute atomic E-state index is 8.68. The smallest absolute Gasteiger partial charge is 0.323 e. The summed E-state index contributed by atoms with van der Waals surface area (Å²) in [5.74, 6) is 0. The fourth-order valence-corrected chi connectivity index (χ4v) is 2.45. The SMILES string of the molecule is CCCCOP(O)(O)=S.CCCC[P+](O)(O)S. The second-order valence-electron chi connectivity index (χ2n) is 3.45. The third-order valence-electron chi connectivity index (χ3n) is 1.57. The highest BCUT2D eigenvalue weighted by Gasteiger charge is 2.25. The molecule has 0 aliphatic heterocycles. The first-order valence-electron chi connectivity index (χ1n) is 5.38. The molecule has 0 rings (SSSR count). The van der Waals surface area contributed by atoms with Crippen LogP contribution in [0.5, 0.6) is 0 Å². The number of hydrogen-bond acceptors (Lipinski definition) is 5. The average Bonchev–Trinajstić information content (AvgIpc) is 2.13. The molecule has 17 heavy (non-hydrogen) atoms. The molecule has 0 fully saturated rings. The Hall–Kier alpha value is 1.23. The number of unbranched alkanes of at least 4 members (excludes halogenated alkanes) is 2. The second-order valence-corrected chi connectivity index (χ2v) is 9.87. The summed E-state index contributed by atoms with van der Waals surface area (Å²) in [5.41, 5.74) is 0. The lowest BCUT2D eigenvalue weighted by Gasteiger charge is -2.05. The van der Waals surface area contributed by atoms with Crippen LogP contribution in [-0.2, 0) is 16.3 Å². The van der Waals surface area contributed by atoms with Gasteiger partial charge >= 0.3 is 13.6 Å². The molecule has 0 aromatic rings. The third-order valence-corrected chi connectivity index (χ3v) is 3.92. The Morgan fingerprint density at radius 2 is 1.65 bits per heavy atom. The Balaban J connectivity index is 0. The highest BCUT2D eigenvalue weighted by molar-refractivity contribution is 8.48. The molecule has 9 heteroatoms. The molecule has 0 heterocycles. The molecule has 0 atom stereocenters. The first-order chi connectivity index (χ1) is 7.62. The van der Waals surface area contributed by atoms with Gasteiger partial charge in [-0.3, -0.25) is 0 Å².